The molecule has 0 radical (unpaired) electrons. The molecule has 3 atom stereocenters. The molecule has 3 rings (SSSR count). The van der Waals surface area contributed by atoms with Crippen LogP contribution in [0.2, 0.25) is 0 Å². The molecule has 1 aliphatic rings. The quantitative estimate of drug-likeness (QED) is 0.313. The Bertz CT molecular complexity index is 870. The van der Waals surface area contributed by atoms with Gasteiger partial charge in [0.05, 0.1) is 12.9 Å². The lowest BCUT2D eigenvalue weighted by molar-refractivity contribution is -0.139. The van der Waals surface area contributed by atoms with E-state index in [1.165, 1.54) is 6.92 Å². The van der Waals surface area contributed by atoms with Gasteiger partial charge in [0.25, 0.3) is 0 Å². The van der Waals surface area contributed by atoms with E-state index in [1.807, 2.05) is 4.57 Å². The lowest BCUT2D eigenvalue weighted by atomic mass is 10.3. The number of nitrogens with zero attached hydrogens (tertiary/aromatic N) is 4. The van der Waals surface area contributed by atoms with Gasteiger partial charge in [-0.2, -0.15) is 9.97 Å². The average Bonchev–Trinajstić information content (AvgIpc) is 3.36. The van der Waals surface area contributed by atoms with E-state index in [2.05, 4.69) is 25.6 Å². The Kier molecular flexibility index (Phi) is 6.38. The molecule has 1 fully saturated rings. The number of fused-ring (bicyclic) bond motifs is 1. The summed E-state index contributed by atoms with van der Waals surface area (Å²) in [7, 11) is -1.74. The molecule has 2 heterocycles. The fourth-order valence-electron chi connectivity index (χ4n) is 2.59. The highest BCUT2D eigenvalue weighted by atomic mass is 31.1. The van der Waals surface area contributed by atoms with Crippen molar-refractivity contribution in [1.82, 2.24) is 24.8 Å². The molecule has 1 aliphatic carbocycles. The van der Waals surface area contributed by atoms with Gasteiger partial charge in [0.15, 0.2) is 17.0 Å². The van der Waals surface area contributed by atoms with Crippen LogP contribution in [-0.2, 0) is 20.6 Å². The molecule has 2 aromatic heterocycles. The first-order valence-corrected chi connectivity index (χ1v) is 10.6. The number of rotatable bonds is 11. The molecule has 0 amide bonds. The molecule has 1 saturated carbocycles. The maximum absolute atomic E-state index is 12.2. The molecule has 0 aromatic carbocycles. The second kappa shape index (κ2) is 8.76. The third-order valence-corrected chi connectivity index (χ3v) is 5.84. The SMILES string of the molecule is CC(N[C@@H](C)C(=O)O)[P+](=O)COCCn1cnc2c(NC3CC3)nc(N)nc21. The maximum Gasteiger partial charge on any atom is 0.385 e. The largest absolute Gasteiger partial charge is 0.480 e. The van der Waals surface area contributed by atoms with Crippen LogP contribution in [0.25, 0.3) is 11.2 Å². The standard InChI is InChI=1S/C16H24N7O4P/c1-9(15(24)25)19-10(2)28(26)8-27-6-5-23-7-18-12-13(20-11-3-4-11)21-16(17)22-14(12)23/h7,9-11,19H,3-6,8H2,1-2H3,(H3-,17,20,21,22,24,25)/p+1/t9-,10?/m0/s1. The minimum atomic E-state index is -1.74. The van der Waals surface area contributed by atoms with Crippen LogP contribution in [0.15, 0.2) is 6.33 Å². The number of carbonyl (C=O) groups is 1. The maximum atomic E-state index is 12.2. The first-order valence-electron chi connectivity index (χ1n) is 9.10. The van der Waals surface area contributed by atoms with E-state index < -0.39 is 25.6 Å². The van der Waals surface area contributed by atoms with E-state index in [4.69, 9.17) is 15.6 Å². The lowest BCUT2D eigenvalue weighted by Crippen LogP contribution is -2.38. The Morgan fingerprint density at radius 1 is 1.46 bits per heavy atom. The van der Waals surface area contributed by atoms with Crippen LogP contribution >= 0.6 is 7.80 Å². The van der Waals surface area contributed by atoms with Gasteiger partial charge >= 0.3 is 13.8 Å². The highest BCUT2D eigenvalue weighted by molar-refractivity contribution is 7.45. The first kappa shape index (κ1) is 20.4. The second-order valence-electron chi connectivity index (χ2n) is 6.82. The topological polar surface area (TPSA) is 157 Å². The van der Waals surface area contributed by atoms with Crippen molar-refractivity contribution < 1.29 is 19.2 Å². The van der Waals surface area contributed by atoms with Crippen LogP contribution in [0.3, 0.4) is 0 Å². The first-order chi connectivity index (χ1) is 13.3. The van der Waals surface area contributed by atoms with Gasteiger partial charge in [0.1, 0.15) is 6.04 Å². The zero-order valence-corrected chi connectivity index (χ0v) is 16.7. The van der Waals surface area contributed by atoms with E-state index >= 15 is 0 Å². The number of ether oxygens (including phenoxy) is 1. The van der Waals surface area contributed by atoms with Crippen molar-refractivity contribution in [3.63, 3.8) is 0 Å². The van der Waals surface area contributed by atoms with Crippen molar-refractivity contribution in [2.24, 2.45) is 0 Å². The predicted molar refractivity (Wildman–Crippen MR) is 105 cm³/mol. The van der Waals surface area contributed by atoms with Crippen LogP contribution in [0.4, 0.5) is 11.8 Å². The number of hydrogen-bond acceptors (Lipinski definition) is 9. The van der Waals surface area contributed by atoms with Crippen LogP contribution in [0.1, 0.15) is 26.7 Å². The van der Waals surface area contributed by atoms with Gasteiger partial charge in [0, 0.05) is 12.6 Å². The van der Waals surface area contributed by atoms with Gasteiger partial charge in [-0.25, -0.2) is 4.98 Å². The Balaban J connectivity index is 1.52. The van der Waals surface area contributed by atoms with E-state index in [0.717, 1.165) is 12.8 Å². The van der Waals surface area contributed by atoms with E-state index in [1.54, 1.807) is 13.3 Å². The van der Waals surface area contributed by atoms with Crippen molar-refractivity contribution in [2.75, 3.05) is 24.0 Å². The van der Waals surface area contributed by atoms with E-state index in [9.17, 15) is 9.36 Å². The van der Waals surface area contributed by atoms with Crippen LogP contribution in [0.5, 0.6) is 0 Å². The lowest BCUT2D eigenvalue weighted by Gasteiger charge is -2.09. The second-order valence-corrected chi connectivity index (χ2v) is 8.68. The van der Waals surface area contributed by atoms with Crippen molar-refractivity contribution in [2.45, 2.75) is 51.1 Å². The molecule has 0 spiro atoms. The molecule has 11 nitrogen and oxygen atoms in total. The molecule has 12 heteroatoms. The minimum absolute atomic E-state index is 0.0358. The van der Waals surface area contributed by atoms with Gasteiger partial charge in [-0.3, -0.25) is 10.1 Å². The number of anilines is 2. The number of aromatic nitrogens is 4. The molecule has 5 N–H and O–H groups in total. The summed E-state index contributed by atoms with van der Waals surface area (Å²) in [6.45, 7) is 3.96. The van der Waals surface area contributed by atoms with Crippen LogP contribution in [0, 0.1) is 0 Å². The molecular weight excluding hydrogens is 385 g/mol. The minimum Gasteiger partial charge on any atom is -0.480 e. The smallest absolute Gasteiger partial charge is 0.385 e. The molecule has 0 aliphatic heterocycles. The molecule has 0 bridgehead atoms. The highest BCUT2D eigenvalue weighted by Crippen LogP contribution is 2.28. The molecule has 28 heavy (non-hydrogen) atoms. The fraction of sp³-hybridized carbons (Fsp3) is 0.625. The van der Waals surface area contributed by atoms with Crippen LogP contribution < -0.4 is 16.4 Å². The normalized spacial score (nSPS) is 16.7. The van der Waals surface area contributed by atoms with E-state index in [0.29, 0.717) is 36.2 Å². The molecular formula is C16H25N7O4P+. The molecule has 2 unspecified atom stereocenters. The number of nitrogen functional groups attached to an aromatic ring is 1. The summed E-state index contributed by atoms with van der Waals surface area (Å²) in [6, 6.07) is -0.350. The van der Waals surface area contributed by atoms with Crippen molar-refractivity contribution >= 4 is 36.7 Å². The third-order valence-electron chi connectivity index (χ3n) is 4.39. The molecule has 2 aromatic rings. The number of nitrogens with one attached hydrogen (secondary N) is 2. The summed E-state index contributed by atoms with van der Waals surface area (Å²) >= 11 is 0. The van der Waals surface area contributed by atoms with E-state index in [-0.39, 0.29) is 12.3 Å². The monoisotopic (exact) mass is 410 g/mol. The number of carboxylic acids is 1. The Labute approximate surface area is 162 Å². The Morgan fingerprint density at radius 3 is 2.89 bits per heavy atom. The molecule has 152 valence electrons. The van der Waals surface area contributed by atoms with Crippen molar-refractivity contribution in [1.29, 1.82) is 0 Å². The summed E-state index contributed by atoms with van der Waals surface area (Å²) < 4.78 is 19.5. The van der Waals surface area contributed by atoms with Crippen LogP contribution in [-0.4, -0.2) is 61.4 Å². The number of carboxylic acid groups (broad SMARTS) is 1. The van der Waals surface area contributed by atoms with Crippen molar-refractivity contribution in [3.8, 4) is 0 Å². The summed E-state index contributed by atoms with van der Waals surface area (Å²) in [5, 5.41) is 15.0. The predicted octanol–water partition coefficient (Wildman–Crippen LogP) is 1.19. The fourth-order valence-corrected chi connectivity index (χ4v) is 3.51. The number of aliphatic carboxylic acids is 1. The molecule has 0 saturated heterocycles. The number of nitrogens with two attached hydrogens (primary N) is 1. The van der Waals surface area contributed by atoms with Gasteiger partial charge in [-0.1, -0.05) is 4.57 Å². The third kappa shape index (κ3) is 5.12. The number of hydrogen-bond donors (Lipinski definition) is 4. The zero-order valence-electron chi connectivity index (χ0n) is 15.8. The summed E-state index contributed by atoms with van der Waals surface area (Å²) in [6.07, 6.45) is 3.90. The van der Waals surface area contributed by atoms with Gasteiger partial charge < -0.3 is 25.5 Å². The summed E-state index contributed by atoms with van der Waals surface area (Å²) in [5.74, 6) is -0.632. The summed E-state index contributed by atoms with van der Waals surface area (Å²) in [5.41, 5.74) is 7.09. The van der Waals surface area contributed by atoms with Gasteiger partial charge in [-0.15, -0.1) is 0 Å². The Morgan fingerprint density at radius 2 is 2.21 bits per heavy atom. The average molecular weight is 410 g/mol. The van der Waals surface area contributed by atoms with Crippen molar-refractivity contribution in [3.05, 3.63) is 6.33 Å². The highest BCUT2D eigenvalue weighted by Gasteiger charge is 2.29. The number of imidazole rings is 1. The summed E-state index contributed by atoms with van der Waals surface area (Å²) in [4.78, 5) is 23.7. The van der Waals surface area contributed by atoms with Gasteiger partial charge in [0.2, 0.25) is 18.1 Å². The van der Waals surface area contributed by atoms with Gasteiger partial charge in [-0.05, 0) is 26.7 Å². The Hall–Kier alpha value is -2.36. The zero-order chi connectivity index (χ0) is 20.3.